The van der Waals surface area contributed by atoms with Gasteiger partial charge in [0.1, 0.15) is 5.01 Å². The lowest BCUT2D eigenvalue weighted by Crippen LogP contribution is -2.39. The van der Waals surface area contributed by atoms with E-state index >= 15 is 0 Å². The molecule has 1 aromatic rings. The number of carbonyl (C=O) groups excluding carboxylic acids is 1. The normalized spacial score (nSPS) is 11.9. The first-order chi connectivity index (χ1) is 8.97. The number of hydrogen-bond acceptors (Lipinski definition) is 5. The lowest BCUT2D eigenvalue weighted by Gasteiger charge is -2.22. The van der Waals surface area contributed by atoms with Gasteiger partial charge in [0, 0.05) is 13.1 Å². The second-order valence-electron chi connectivity index (χ2n) is 4.06. The number of carboxylic acid groups (broad SMARTS) is 1. The Morgan fingerprint density at radius 3 is 2.58 bits per heavy atom. The molecule has 1 atom stereocenters. The predicted octanol–water partition coefficient (Wildman–Crippen LogP) is 1.68. The van der Waals surface area contributed by atoms with Crippen molar-refractivity contribution in [3.8, 4) is 0 Å². The Kier molecular flexibility index (Phi) is 5.68. The number of rotatable bonds is 6. The average Bonchev–Trinajstić information content (AvgIpc) is 2.82. The van der Waals surface area contributed by atoms with Crippen LogP contribution in [-0.4, -0.2) is 45.3 Å². The molecule has 1 heterocycles. The van der Waals surface area contributed by atoms with E-state index in [-0.39, 0.29) is 12.6 Å². The molecule has 0 radical (unpaired) electrons. The zero-order valence-corrected chi connectivity index (χ0v) is 12.0. The summed E-state index contributed by atoms with van der Waals surface area (Å²) in [6.45, 7) is 5.92. The zero-order valence-electron chi connectivity index (χ0n) is 11.2. The Morgan fingerprint density at radius 1 is 1.42 bits per heavy atom. The summed E-state index contributed by atoms with van der Waals surface area (Å²) in [5, 5.41) is 20.5. The van der Waals surface area contributed by atoms with Gasteiger partial charge in [-0.25, -0.2) is 4.79 Å². The number of hydrogen-bond donors (Lipinski definition) is 2. The van der Waals surface area contributed by atoms with Crippen molar-refractivity contribution in [3.05, 3.63) is 5.01 Å². The SMILES string of the molecule is CCc1nnc(NC(=O)N(CC)CC(C)C(=O)O)s1. The molecule has 2 N–H and O–H groups in total. The molecule has 0 aliphatic carbocycles. The highest BCUT2D eigenvalue weighted by Gasteiger charge is 2.20. The molecule has 0 saturated carbocycles. The molecule has 0 spiro atoms. The Labute approximate surface area is 115 Å². The van der Waals surface area contributed by atoms with Crippen molar-refractivity contribution in [2.45, 2.75) is 27.2 Å². The first-order valence-electron chi connectivity index (χ1n) is 6.09. The van der Waals surface area contributed by atoms with E-state index < -0.39 is 11.9 Å². The Morgan fingerprint density at radius 2 is 2.11 bits per heavy atom. The maximum Gasteiger partial charge on any atom is 0.323 e. The molecule has 0 aliphatic rings. The van der Waals surface area contributed by atoms with Crippen LogP contribution in [0.25, 0.3) is 0 Å². The van der Waals surface area contributed by atoms with E-state index in [4.69, 9.17) is 5.11 Å². The fourth-order valence-corrected chi connectivity index (χ4v) is 2.05. The average molecular weight is 286 g/mol. The first kappa shape index (κ1) is 15.4. The van der Waals surface area contributed by atoms with Gasteiger partial charge in [-0.05, 0) is 13.3 Å². The van der Waals surface area contributed by atoms with Crippen molar-refractivity contribution in [2.24, 2.45) is 5.92 Å². The van der Waals surface area contributed by atoms with Crippen LogP contribution in [0.3, 0.4) is 0 Å². The number of amides is 2. The third kappa shape index (κ3) is 4.47. The summed E-state index contributed by atoms with van der Waals surface area (Å²) >= 11 is 1.32. The molecular formula is C11H18N4O3S. The molecule has 0 aromatic carbocycles. The van der Waals surface area contributed by atoms with Gasteiger partial charge in [0.05, 0.1) is 5.92 Å². The van der Waals surface area contributed by atoms with Gasteiger partial charge in [0.15, 0.2) is 0 Å². The molecule has 0 fully saturated rings. The minimum absolute atomic E-state index is 0.164. The van der Waals surface area contributed by atoms with Gasteiger partial charge in [-0.3, -0.25) is 10.1 Å². The maximum absolute atomic E-state index is 12.0. The second kappa shape index (κ2) is 7.03. The number of anilines is 1. The van der Waals surface area contributed by atoms with Crippen LogP contribution in [0.15, 0.2) is 0 Å². The number of nitrogens with zero attached hydrogens (tertiary/aromatic N) is 3. The smallest absolute Gasteiger partial charge is 0.323 e. The van der Waals surface area contributed by atoms with Crippen LogP contribution in [0.1, 0.15) is 25.8 Å². The molecule has 1 unspecified atom stereocenters. The van der Waals surface area contributed by atoms with Crippen LogP contribution in [0.5, 0.6) is 0 Å². The van der Waals surface area contributed by atoms with Gasteiger partial charge in [-0.2, -0.15) is 0 Å². The number of aromatic nitrogens is 2. The molecule has 1 aromatic heterocycles. The second-order valence-corrected chi connectivity index (χ2v) is 5.12. The number of urea groups is 1. The van der Waals surface area contributed by atoms with Gasteiger partial charge < -0.3 is 10.0 Å². The Hall–Kier alpha value is -1.70. The van der Waals surface area contributed by atoms with Crippen molar-refractivity contribution in [1.82, 2.24) is 15.1 Å². The summed E-state index contributed by atoms with van der Waals surface area (Å²) in [6.07, 6.45) is 0.765. The number of carbonyl (C=O) groups is 2. The number of nitrogens with one attached hydrogen (secondary N) is 1. The van der Waals surface area contributed by atoms with E-state index in [9.17, 15) is 9.59 Å². The van der Waals surface area contributed by atoms with E-state index in [1.54, 1.807) is 13.8 Å². The van der Waals surface area contributed by atoms with E-state index in [1.807, 2.05) is 6.92 Å². The topological polar surface area (TPSA) is 95.4 Å². The fourth-order valence-electron chi connectivity index (χ4n) is 1.38. The standard InChI is InChI=1S/C11H18N4O3S/c1-4-8-13-14-10(19-8)12-11(18)15(5-2)6-7(3)9(16)17/h7H,4-6H2,1-3H3,(H,16,17)(H,12,14,18). The predicted molar refractivity (Wildman–Crippen MR) is 72.4 cm³/mol. The van der Waals surface area contributed by atoms with Crippen LogP contribution >= 0.6 is 11.3 Å². The van der Waals surface area contributed by atoms with Gasteiger partial charge in [-0.15, -0.1) is 10.2 Å². The van der Waals surface area contributed by atoms with Gasteiger partial charge in [0.2, 0.25) is 5.13 Å². The van der Waals surface area contributed by atoms with Crippen molar-refractivity contribution in [2.75, 3.05) is 18.4 Å². The van der Waals surface area contributed by atoms with E-state index in [2.05, 4.69) is 15.5 Å². The molecule has 1 rings (SSSR count). The zero-order chi connectivity index (χ0) is 14.4. The number of aliphatic carboxylic acids is 1. The highest BCUT2D eigenvalue weighted by Crippen LogP contribution is 2.16. The molecule has 106 valence electrons. The lowest BCUT2D eigenvalue weighted by atomic mass is 10.2. The van der Waals surface area contributed by atoms with E-state index in [1.165, 1.54) is 16.2 Å². The highest BCUT2D eigenvalue weighted by atomic mass is 32.1. The molecule has 2 amide bonds. The van der Waals surface area contributed by atoms with Crippen molar-refractivity contribution >= 4 is 28.5 Å². The molecule has 0 saturated heterocycles. The van der Waals surface area contributed by atoms with Crippen molar-refractivity contribution < 1.29 is 14.7 Å². The van der Waals surface area contributed by atoms with Gasteiger partial charge in [-0.1, -0.05) is 25.2 Å². The molecule has 8 heteroatoms. The van der Waals surface area contributed by atoms with Crippen LogP contribution in [0.2, 0.25) is 0 Å². The van der Waals surface area contributed by atoms with Gasteiger partial charge in [0.25, 0.3) is 0 Å². The Bertz CT molecular complexity index is 449. The molecule has 0 aliphatic heterocycles. The highest BCUT2D eigenvalue weighted by molar-refractivity contribution is 7.15. The van der Waals surface area contributed by atoms with Crippen LogP contribution in [0.4, 0.5) is 9.93 Å². The largest absolute Gasteiger partial charge is 0.481 e. The van der Waals surface area contributed by atoms with Gasteiger partial charge >= 0.3 is 12.0 Å². The first-order valence-corrected chi connectivity index (χ1v) is 6.90. The monoisotopic (exact) mass is 286 g/mol. The summed E-state index contributed by atoms with van der Waals surface area (Å²) in [5.74, 6) is -1.53. The summed E-state index contributed by atoms with van der Waals surface area (Å²) in [6, 6.07) is -0.352. The molecule has 19 heavy (non-hydrogen) atoms. The number of carboxylic acids is 1. The Balaban J connectivity index is 2.60. The van der Waals surface area contributed by atoms with Crippen LogP contribution < -0.4 is 5.32 Å². The molecule has 0 bridgehead atoms. The summed E-state index contributed by atoms with van der Waals surface area (Å²) in [4.78, 5) is 24.2. The minimum Gasteiger partial charge on any atom is -0.481 e. The van der Waals surface area contributed by atoms with E-state index in [0.29, 0.717) is 11.7 Å². The lowest BCUT2D eigenvalue weighted by molar-refractivity contribution is -0.141. The third-order valence-electron chi connectivity index (χ3n) is 2.57. The van der Waals surface area contributed by atoms with Crippen LogP contribution in [0, 0.1) is 5.92 Å². The maximum atomic E-state index is 12.0. The van der Waals surface area contributed by atoms with Crippen LogP contribution in [-0.2, 0) is 11.2 Å². The quantitative estimate of drug-likeness (QED) is 0.829. The molecule has 7 nitrogen and oxygen atoms in total. The summed E-state index contributed by atoms with van der Waals surface area (Å²) in [7, 11) is 0. The van der Waals surface area contributed by atoms with E-state index in [0.717, 1.165) is 11.4 Å². The number of aryl methyl sites for hydroxylation is 1. The van der Waals surface area contributed by atoms with Crippen molar-refractivity contribution in [1.29, 1.82) is 0 Å². The summed E-state index contributed by atoms with van der Waals surface area (Å²) < 4.78 is 0. The molecular weight excluding hydrogens is 268 g/mol. The fraction of sp³-hybridized carbons (Fsp3) is 0.636. The third-order valence-corrected chi connectivity index (χ3v) is 3.55. The van der Waals surface area contributed by atoms with Crippen molar-refractivity contribution in [3.63, 3.8) is 0 Å². The minimum atomic E-state index is -0.921. The summed E-state index contributed by atoms with van der Waals surface area (Å²) in [5.41, 5.74) is 0.